The molecule has 1 amide bonds. The number of amides is 1. The average molecular weight is 566 g/mol. The molecule has 4 atom stereocenters. The fourth-order valence-corrected chi connectivity index (χ4v) is 5.14. The Morgan fingerprint density at radius 1 is 1.02 bits per heavy atom. The van der Waals surface area contributed by atoms with Crippen molar-refractivity contribution in [2.75, 3.05) is 11.1 Å². The second-order valence-electron chi connectivity index (χ2n) is 9.36. The molecule has 3 aromatic rings. The van der Waals surface area contributed by atoms with Crippen LogP contribution in [0.3, 0.4) is 0 Å². The van der Waals surface area contributed by atoms with Crippen LogP contribution in [-0.2, 0) is 30.4 Å². The number of nitrogens with one attached hydrogen (secondary N) is 1. The zero-order valence-electron chi connectivity index (χ0n) is 22.1. The molecule has 0 bridgehead atoms. The highest BCUT2D eigenvalue weighted by molar-refractivity contribution is 7.99. The Labute approximate surface area is 236 Å². The van der Waals surface area contributed by atoms with E-state index in [0.29, 0.717) is 23.4 Å². The number of benzene rings is 3. The van der Waals surface area contributed by atoms with Crippen molar-refractivity contribution in [2.24, 2.45) is 0 Å². The number of carbonyl (C=O) groups excluding carboxylic acids is 2. The molecule has 0 aliphatic carbocycles. The van der Waals surface area contributed by atoms with Crippen LogP contribution in [0.25, 0.3) is 0 Å². The number of anilines is 1. The Hall–Kier alpha value is -3.70. The quantitative estimate of drug-likeness (QED) is 0.227. The summed E-state index contributed by atoms with van der Waals surface area (Å²) in [5, 5.41) is 21.3. The maximum atomic E-state index is 12.5. The van der Waals surface area contributed by atoms with E-state index in [0.717, 1.165) is 16.0 Å². The number of esters is 1. The first-order valence-electron chi connectivity index (χ1n) is 12.8. The maximum Gasteiger partial charge on any atom is 0.335 e. The Kier molecular flexibility index (Phi) is 9.94. The third kappa shape index (κ3) is 7.92. The first kappa shape index (κ1) is 29.3. The highest BCUT2D eigenvalue weighted by atomic mass is 32.2. The van der Waals surface area contributed by atoms with Gasteiger partial charge in [0.05, 0.1) is 24.4 Å². The molecule has 3 N–H and O–H groups in total. The van der Waals surface area contributed by atoms with E-state index in [2.05, 4.69) is 5.32 Å². The third-order valence-electron chi connectivity index (χ3n) is 6.29. The molecule has 40 heavy (non-hydrogen) atoms. The molecule has 210 valence electrons. The van der Waals surface area contributed by atoms with Gasteiger partial charge in [0, 0.05) is 35.2 Å². The number of aliphatic hydroxyl groups excluding tert-OH is 1. The van der Waals surface area contributed by atoms with Gasteiger partial charge in [-0.05, 0) is 54.4 Å². The highest BCUT2D eigenvalue weighted by Crippen LogP contribution is 2.40. The molecule has 0 spiro atoms. The number of aromatic carboxylic acids is 1. The fourth-order valence-electron chi connectivity index (χ4n) is 4.22. The predicted octanol–water partition coefficient (Wildman–Crippen LogP) is 5.10. The number of rotatable bonds is 10. The van der Waals surface area contributed by atoms with Gasteiger partial charge in [-0.2, -0.15) is 0 Å². The SMILES string of the molecule is CC(=O)O[C@@H](C)C(=O)Nc1cccc([C@@H]2O[C@H](CSc3ccc(C(=O)O)cc3)C[C@H](c3ccc(CO)cc3)O2)c1. The van der Waals surface area contributed by atoms with Crippen molar-refractivity contribution in [1.29, 1.82) is 0 Å². The van der Waals surface area contributed by atoms with Crippen LogP contribution in [0.2, 0.25) is 0 Å². The molecule has 0 saturated carbocycles. The number of hydrogen-bond acceptors (Lipinski definition) is 8. The van der Waals surface area contributed by atoms with Gasteiger partial charge in [-0.25, -0.2) is 4.79 Å². The van der Waals surface area contributed by atoms with Gasteiger partial charge in [0.1, 0.15) is 0 Å². The molecule has 1 heterocycles. The topological polar surface area (TPSA) is 131 Å². The van der Waals surface area contributed by atoms with Crippen LogP contribution in [0.15, 0.2) is 77.7 Å². The number of ether oxygens (including phenoxy) is 3. The number of carboxylic acids is 1. The lowest BCUT2D eigenvalue weighted by molar-refractivity contribution is -0.245. The molecule has 10 heteroatoms. The second kappa shape index (κ2) is 13.6. The smallest absolute Gasteiger partial charge is 0.335 e. The fraction of sp³-hybridized carbons (Fsp3) is 0.300. The van der Waals surface area contributed by atoms with Crippen LogP contribution in [-0.4, -0.2) is 46.0 Å². The lowest BCUT2D eigenvalue weighted by Gasteiger charge is -2.36. The van der Waals surface area contributed by atoms with Crippen LogP contribution in [0.1, 0.15) is 59.7 Å². The minimum Gasteiger partial charge on any atom is -0.478 e. The van der Waals surface area contributed by atoms with Crippen molar-refractivity contribution in [3.8, 4) is 0 Å². The van der Waals surface area contributed by atoms with E-state index < -0.39 is 30.2 Å². The molecule has 1 aliphatic rings. The van der Waals surface area contributed by atoms with E-state index >= 15 is 0 Å². The summed E-state index contributed by atoms with van der Waals surface area (Å²) in [5.74, 6) is -1.36. The number of aliphatic hydroxyl groups is 1. The lowest BCUT2D eigenvalue weighted by Crippen LogP contribution is -2.31. The van der Waals surface area contributed by atoms with Crippen molar-refractivity contribution in [3.05, 3.63) is 95.1 Å². The molecule has 1 fully saturated rings. The Balaban J connectivity index is 1.51. The molecule has 3 aromatic carbocycles. The molecule has 1 saturated heterocycles. The van der Waals surface area contributed by atoms with E-state index in [4.69, 9.17) is 19.3 Å². The van der Waals surface area contributed by atoms with Gasteiger partial charge in [-0.3, -0.25) is 9.59 Å². The average Bonchev–Trinajstić information content (AvgIpc) is 2.96. The van der Waals surface area contributed by atoms with Gasteiger partial charge >= 0.3 is 11.9 Å². The third-order valence-corrected chi connectivity index (χ3v) is 7.43. The van der Waals surface area contributed by atoms with E-state index in [-0.39, 0.29) is 24.4 Å². The Morgan fingerprint density at radius 3 is 2.40 bits per heavy atom. The van der Waals surface area contributed by atoms with Gasteiger partial charge in [0.2, 0.25) is 0 Å². The summed E-state index contributed by atoms with van der Waals surface area (Å²) in [6.07, 6.45) is -1.56. The highest BCUT2D eigenvalue weighted by Gasteiger charge is 2.32. The second-order valence-corrected chi connectivity index (χ2v) is 10.5. The summed E-state index contributed by atoms with van der Waals surface area (Å²) in [6.45, 7) is 2.69. The largest absolute Gasteiger partial charge is 0.478 e. The Morgan fingerprint density at radius 2 is 1.75 bits per heavy atom. The van der Waals surface area contributed by atoms with Gasteiger partial charge in [-0.1, -0.05) is 36.4 Å². The summed E-state index contributed by atoms with van der Waals surface area (Å²) < 4.78 is 17.7. The van der Waals surface area contributed by atoms with Gasteiger partial charge in [-0.15, -0.1) is 11.8 Å². The van der Waals surface area contributed by atoms with Crippen LogP contribution in [0.5, 0.6) is 0 Å². The van der Waals surface area contributed by atoms with Crippen molar-refractivity contribution < 1.29 is 38.8 Å². The summed E-state index contributed by atoms with van der Waals surface area (Å²) in [6, 6.07) is 21.4. The maximum absolute atomic E-state index is 12.5. The normalized spacial score (nSPS) is 19.4. The van der Waals surface area contributed by atoms with Gasteiger partial charge in [0.15, 0.2) is 12.4 Å². The predicted molar refractivity (Wildman–Crippen MR) is 149 cm³/mol. The molecule has 4 rings (SSSR count). The number of hydrogen-bond donors (Lipinski definition) is 3. The van der Waals surface area contributed by atoms with Crippen molar-refractivity contribution in [1.82, 2.24) is 0 Å². The monoisotopic (exact) mass is 565 g/mol. The number of carboxylic acid groups (broad SMARTS) is 1. The lowest BCUT2D eigenvalue weighted by atomic mass is 10.0. The van der Waals surface area contributed by atoms with E-state index in [1.54, 1.807) is 54.2 Å². The molecule has 0 radical (unpaired) electrons. The summed E-state index contributed by atoms with van der Waals surface area (Å²) in [5.41, 5.74) is 3.19. The minimum atomic E-state index is -0.971. The van der Waals surface area contributed by atoms with Crippen LogP contribution >= 0.6 is 11.8 Å². The Bertz CT molecular complexity index is 1330. The first-order valence-corrected chi connectivity index (χ1v) is 13.7. The van der Waals surface area contributed by atoms with Gasteiger partial charge in [0.25, 0.3) is 5.91 Å². The van der Waals surface area contributed by atoms with E-state index in [9.17, 15) is 19.5 Å². The zero-order chi connectivity index (χ0) is 28.6. The number of carbonyl (C=O) groups is 3. The van der Waals surface area contributed by atoms with Crippen LogP contribution in [0.4, 0.5) is 5.69 Å². The van der Waals surface area contributed by atoms with Crippen molar-refractivity contribution in [2.45, 2.75) is 56.4 Å². The standard InChI is InChI=1S/C30H31NO8S/c1-18(37-19(2)33)28(34)31-24-5-3-4-23(14-24)30-38-25(17-40-26-12-10-22(11-13-26)29(35)36)15-27(39-30)21-8-6-20(16-32)7-9-21/h3-14,18,25,27,30,32H,15-17H2,1-2H3,(H,31,34)(H,35,36)/t18-,25-,27+,30+/m0/s1. The van der Waals surface area contributed by atoms with Crippen LogP contribution in [0, 0.1) is 0 Å². The molecular weight excluding hydrogens is 534 g/mol. The van der Waals surface area contributed by atoms with Crippen molar-refractivity contribution in [3.63, 3.8) is 0 Å². The molecule has 0 aromatic heterocycles. The van der Waals surface area contributed by atoms with E-state index in [1.807, 2.05) is 30.3 Å². The van der Waals surface area contributed by atoms with Crippen molar-refractivity contribution >= 4 is 35.3 Å². The molecule has 9 nitrogen and oxygen atoms in total. The minimum absolute atomic E-state index is 0.0495. The molecule has 0 unspecified atom stereocenters. The summed E-state index contributed by atoms with van der Waals surface area (Å²) >= 11 is 1.56. The zero-order valence-corrected chi connectivity index (χ0v) is 22.9. The first-order chi connectivity index (χ1) is 19.2. The number of thioether (sulfide) groups is 1. The molecular formula is C30H31NO8S. The summed E-state index contributed by atoms with van der Waals surface area (Å²) in [7, 11) is 0. The van der Waals surface area contributed by atoms with Gasteiger partial charge < -0.3 is 29.7 Å². The van der Waals surface area contributed by atoms with Crippen LogP contribution < -0.4 is 5.32 Å². The van der Waals surface area contributed by atoms with E-state index in [1.165, 1.54) is 13.8 Å². The summed E-state index contributed by atoms with van der Waals surface area (Å²) in [4.78, 5) is 35.7. The molecule has 1 aliphatic heterocycles.